The average molecular weight is 290 g/mol. The van der Waals surface area contributed by atoms with Crippen LogP contribution in [0.25, 0.3) is 11.1 Å². The number of fused-ring (bicyclic) bond motifs is 1. The fourth-order valence-electron chi connectivity index (χ4n) is 3.49. The Labute approximate surface area is 123 Å². The zero-order chi connectivity index (χ0) is 15.3. The van der Waals surface area contributed by atoms with Crippen molar-refractivity contribution >= 4 is 11.1 Å². The molecule has 5 nitrogen and oxygen atoms in total. The monoisotopic (exact) mass is 290 g/mol. The minimum atomic E-state index is -0.352. The highest BCUT2D eigenvalue weighted by Gasteiger charge is 2.40. The van der Waals surface area contributed by atoms with Crippen molar-refractivity contribution in [1.82, 2.24) is 4.57 Å². The van der Waals surface area contributed by atoms with Crippen LogP contribution >= 0.6 is 0 Å². The van der Waals surface area contributed by atoms with Crippen molar-refractivity contribution < 1.29 is 9.15 Å². The molecule has 21 heavy (non-hydrogen) atoms. The lowest BCUT2D eigenvalue weighted by atomic mass is 9.81. The largest absolute Gasteiger partial charge is 0.419 e. The average Bonchev–Trinajstić information content (AvgIpc) is 2.86. The van der Waals surface area contributed by atoms with Crippen LogP contribution in [0.3, 0.4) is 0 Å². The third kappa shape index (κ3) is 2.21. The van der Waals surface area contributed by atoms with Gasteiger partial charge >= 0.3 is 5.76 Å². The van der Waals surface area contributed by atoms with Crippen LogP contribution in [0, 0.1) is 11.8 Å². The van der Waals surface area contributed by atoms with Crippen LogP contribution in [0.2, 0.25) is 0 Å². The number of nitrogens with two attached hydrogens (primary N) is 1. The molecule has 1 aliphatic rings. The molecule has 1 aliphatic heterocycles. The molecule has 0 bridgehead atoms. The lowest BCUT2D eigenvalue weighted by Gasteiger charge is -2.26. The number of hydrogen-bond donors (Lipinski definition) is 1. The molecular formula is C16H22N2O3. The van der Waals surface area contributed by atoms with Crippen LogP contribution in [0.4, 0.5) is 0 Å². The second kappa shape index (κ2) is 5.00. The first-order chi connectivity index (χ1) is 9.90. The summed E-state index contributed by atoms with van der Waals surface area (Å²) in [6.45, 7) is 6.35. The van der Waals surface area contributed by atoms with Gasteiger partial charge in [-0.2, -0.15) is 0 Å². The number of benzene rings is 1. The van der Waals surface area contributed by atoms with Gasteiger partial charge in [-0.25, -0.2) is 4.79 Å². The fourth-order valence-corrected chi connectivity index (χ4v) is 3.49. The van der Waals surface area contributed by atoms with Gasteiger partial charge in [0.25, 0.3) is 0 Å². The molecule has 2 aromatic rings. The van der Waals surface area contributed by atoms with E-state index < -0.39 is 0 Å². The maximum Gasteiger partial charge on any atom is 0.419 e. The Hall–Kier alpha value is -1.59. The van der Waals surface area contributed by atoms with Gasteiger partial charge in [0, 0.05) is 19.0 Å². The highest BCUT2D eigenvalue weighted by Crippen LogP contribution is 2.39. The minimum Gasteiger partial charge on any atom is -0.408 e. The molecule has 114 valence electrons. The van der Waals surface area contributed by atoms with Crippen LogP contribution in [-0.2, 0) is 11.8 Å². The zero-order valence-electron chi connectivity index (χ0n) is 12.9. The van der Waals surface area contributed by atoms with E-state index in [9.17, 15) is 4.79 Å². The van der Waals surface area contributed by atoms with E-state index in [2.05, 4.69) is 20.8 Å². The highest BCUT2D eigenvalue weighted by atomic mass is 16.5. The molecular weight excluding hydrogens is 268 g/mol. The third-order valence-corrected chi connectivity index (χ3v) is 4.93. The summed E-state index contributed by atoms with van der Waals surface area (Å²) in [5, 5.41) is 0. The number of aryl methyl sites for hydroxylation is 1. The normalized spacial score (nSPS) is 30.9. The molecule has 1 fully saturated rings. The topological polar surface area (TPSA) is 70.4 Å². The Balaban J connectivity index is 1.98. The van der Waals surface area contributed by atoms with Crippen molar-refractivity contribution in [2.75, 3.05) is 0 Å². The fraction of sp³-hybridized carbons (Fsp3) is 0.562. The Morgan fingerprint density at radius 2 is 1.95 bits per heavy atom. The molecule has 1 aromatic heterocycles. The first-order valence-corrected chi connectivity index (χ1v) is 7.40. The third-order valence-electron chi connectivity index (χ3n) is 4.93. The van der Waals surface area contributed by atoms with E-state index >= 15 is 0 Å². The summed E-state index contributed by atoms with van der Waals surface area (Å²) >= 11 is 0. The van der Waals surface area contributed by atoms with E-state index in [1.807, 2.05) is 18.2 Å². The maximum atomic E-state index is 11.6. The molecule has 5 heteroatoms. The van der Waals surface area contributed by atoms with Crippen molar-refractivity contribution in [2.24, 2.45) is 24.6 Å². The molecule has 0 radical (unpaired) electrons. The van der Waals surface area contributed by atoms with Crippen LogP contribution in [0.15, 0.2) is 27.4 Å². The Morgan fingerprint density at radius 1 is 1.24 bits per heavy atom. The SMILES string of the molecule is CC1OC(C)C(C(N)c2ccc3c(c2)oc(=O)n3C)C1C. The molecule has 0 aliphatic carbocycles. The zero-order valence-corrected chi connectivity index (χ0v) is 12.9. The van der Waals surface area contributed by atoms with Gasteiger partial charge in [-0.05, 0) is 37.5 Å². The number of nitrogens with zero attached hydrogens (tertiary/aromatic N) is 1. The van der Waals surface area contributed by atoms with Gasteiger partial charge < -0.3 is 14.9 Å². The van der Waals surface area contributed by atoms with E-state index in [0.717, 1.165) is 11.1 Å². The van der Waals surface area contributed by atoms with Crippen LogP contribution in [0.1, 0.15) is 32.4 Å². The molecule has 5 unspecified atom stereocenters. The maximum absolute atomic E-state index is 11.6. The quantitative estimate of drug-likeness (QED) is 0.920. The van der Waals surface area contributed by atoms with Gasteiger partial charge in [0.1, 0.15) is 0 Å². The van der Waals surface area contributed by atoms with Crippen molar-refractivity contribution in [2.45, 2.75) is 39.0 Å². The molecule has 0 saturated carbocycles. The number of hydrogen-bond acceptors (Lipinski definition) is 4. The van der Waals surface area contributed by atoms with Crippen LogP contribution < -0.4 is 11.5 Å². The molecule has 2 heterocycles. The summed E-state index contributed by atoms with van der Waals surface area (Å²) in [4.78, 5) is 11.6. The van der Waals surface area contributed by atoms with Crippen LogP contribution in [0.5, 0.6) is 0 Å². The summed E-state index contributed by atoms with van der Waals surface area (Å²) < 4.78 is 12.6. The predicted molar refractivity (Wildman–Crippen MR) is 81.0 cm³/mol. The van der Waals surface area contributed by atoms with Gasteiger partial charge in [0.2, 0.25) is 0 Å². The van der Waals surface area contributed by atoms with Crippen molar-refractivity contribution in [3.8, 4) is 0 Å². The Bertz CT molecular complexity index is 718. The number of oxazole rings is 1. The minimum absolute atomic E-state index is 0.128. The standard InChI is InChI=1S/C16H22N2O3/c1-8-9(2)20-10(3)14(8)15(17)11-5-6-12-13(7-11)21-16(19)18(12)4/h5-10,14-15H,17H2,1-4H3. The van der Waals surface area contributed by atoms with Gasteiger partial charge in [0.05, 0.1) is 17.7 Å². The van der Waals surface area contributed by atoms with Gasteiger partial charge in [-0.15, -0.1) is 0 Å². The molecule has 3 rings (SSSR count). The summed E-state index contributed by atoms with van der Waals surface area (Å²) in [6, 6.07) is 5.62. The van der Waals surface area contributed by atoms with E-state index in [0.29, 0.717) is 11.5 Å². The van der Waals surface area contributed by atoms with E-state index in [1.54, 1.807) is 7.05 Å². The second-order valence-corrected chi connectivity index (χ2v) is 6.16. The first kappa shape index (κ1) is 14.4. The smallest absolute Gasteiger partial charge is 0.408 e. The van der Waals surface area contributed by atoms with Crippen molar-refractivity contribution in [1.29, 1.82) is 0 Å². The Kier molecular flexibility index (Phi) is 3.42. The first-order valence-electron chi connectivity index (χ1n) is 7.40. The molecule has 0 amide bonds. The summed E-state index contributed by atoms with van der Waals surface area (Å²) in [7, 11) is 1.70. The number of aromatic nitrogens is 1. The summed E-state index contributed by atoms with van der Waals surface area (Å²) in [5.74, 6) is 0.302. The molecule has 1 saturated heterocycles. The predicted octanol–water partition coefficient (Wildman–Crippen LogP) is 2.19. The lowest BCUT2D eigenvalue weighted by molar-refractivity contribution is 0.0489. The number of rotatable bonds is 2. The lowest BCUT2D eigenvalue weighted by Crippen LogP contribution is -2.30. The van der Waals surface area contributed by atoms with E-state index in [4.69, 9.17) is 14.9 Å². The van der Waals surface area contributed by atoms with Crippen molar-refractivity contribution in [3.05, 3.63) is 34.3 Å². The molecule has 0 spiro atoms. The molecule has 1 aromatic carbocycles. The van der Waals surface area contributed by atoms with Crippen LogP contribution in [-0.4, -0.2) is 16.8 Å². The Morgan fingerprint density at radius 3 is 2.57 bits per heavy atom. The van der Waals surface area contributed by atoms with E-state index in [1.165, 1.54) is 4.57 Å². The summed E-state index contributed by atoms with van der Waals surface area (Å²) in [6.07, 6.45) is 0.345. The van der Waals surface area contributed by atoms with Gasteiger partial charge in [0.15, 0.2) is 5.58 Å². The van der Waals surface area contributed by atoms with E-state index in [-0.39, 0.29) is 29.9 Å². The van der Waals surface area contributed by atoms with Gasteiger partial charge in [-0.1, -0.05) is 13.0 Å². The second-order valence-electron chi connectivity index (χ2n) is 6.16. The highest BCUT2D eigenvalue weighted by molar-refractivity contribution is 5.73. The summed E-state index contributed by atoms with van der Waals surface area (Å²) in [5.41, 5.74) is 8.83. The van der Waals surface area contributed by atoms with Gasteiger partial charge in [-0.3, -0.25) is 4.57 Å². The number of ether oxygens (including phenoxy) is 1. The molecule has 2 N–H and O–H groups in total. The molecule has 5 atom stereocenters. The van der Waals surface area contributed by atoms with Crippen molar-refractivity contribution in [3.63, 3.8) is 0 Å².